The third-order valence-electron chi connectivity index (χ3n) is 3.73. The average molecular weight is 321 g/mol. The summed E-state index contributed by atoms with van der Waals surface area (Å²) in [6, 6.07) is 8.38. The number of benzene rings is 1. The molecule has 2 rings (SSSR count). The van der Waals surface area contributed by atoms with Gasteiger partial charge in [0, 0.05) is 24.7 Å². The topological polar surface area (TPSA) is 90.3 Å². The Labute approximate surface area is 130 Å². The Balaban J connectivity index is 2.12. The molecule has 0 saturated carbocycles. The number of nitrogens with zero attached hydrogens (tertiary/aromatic N) is 2. The monoisotopic (exact) mass is 321 g/mol. The molecule has 0 spiro atoms. The van der Waals surface area contributed by atoms with Crippen molar-refractivity contribution >= 4 is 15.9 Å². The summed E-state index contributed by atoms with van der Waals surface area (Å²) >= 11 is 0. The highest BCUT2D eigenvalue weighted by molar-refractivity contribution is 7.88. The van der Waals surface area contributed by atoms with Crippen LogP contribution in [0.3, 0.4) is 0 Å². The number of nitrogens with one attached hydrogen (secondary N) is 1. The third kappa shape index (κ3) is 4.29. The van der Waals surface area contributed by atoms with E-state index in [2.05, 4.69) is 4.72 Å². The molecule has 118 valence electrons. The molecular weight excluding hydrogens is 302 g/mol. The summed E-state index contributed by atoms with van der Waals surface area (Å²) in [5, 5.41) is 8.79. The van der Waals surface area contributed by atoms with Crippen LogP contribution in [-0.2, 0) is 10.0 Å². The highest BCUT2D eigenvalue weighted by atomic mass is 32.2. The number of sulfonamides is 1. The van der Waals surface area contributed by atoms with E-state index in [1.807, 2.05) is 6.07 Å². The van der Waals surface area contributed by atoms with Gasteiger partial charge in [-0.2, -0.15) is 5.26 Å². The fraction of sp³-hybridized carbons (Fsp3) is 0.467. The normalized spacial score (nSPS) is 18.7. The number of carbonyl (C=O) groups excluding carboxylic acids is 1. The lowest BCUT2D eigenvalue weighted by Crippen LogP contribution is -2.49. The fourth-order valence-corrected chi connectivity index (χ4v) is 3.08. The number of carbonyl (C=O) groups is 1. The number of piperidine rings is 1. The summed E-state index contributed by atoms with van der Waals surface area (Å²) in [5.41, 5.74) is 1.02. The third-order valence-corrected chi connectivity index (χ3v) is 4.42. The zero-order chi connectivity index (χ0) is 16.2. The second-order valence-corrected chi connectivity index (χ2v) is 7.29. The van der Waals surface area contributed by atoms with E-state index >= 15 is 0 Å². The van der Waals surface area contributed by atoms with Crippen LogP contribution < -0.4 is 4.72 Å². The van der Waals surface area contributed by atoms with Crippen molar-refractivity contribution in [3.05, 3.63) is 35.4 Å². The first-order chi connectivity index (χ1) is 10.4. The van der Waals surface area contributed by atoms with Crippen LogP contribution in [-0.4, -0.2) is 44.6 Å². The van der Waals surface area contributed by atoms with Crippen molar-refractivity contribution in [1.29, 1.82) is 5.26 Å². The van der Waals surface area contributed by atoms with Gasteiger partial charge in [0.25, 0.3) is 5.91 Å². The Morgan fingerprint density at radius 2 is 2.05 bits per heavy atom. The molecule has 6 nitrogen and oxygen atoms in total. The smallest absolute Gasteiger partial charge is 0.254 e. The summed E-state index contributed by atoms with van der Waals surface area (Å²) in [5.74, 6) is -0.121. The van der Waals surface area contributed by atoms with E-state index in [1.54, 1.807) is 29.2 Å². The lowest BCUT2D eigenvalue weighted by Gasteiger charge is -2.35. The first-order valence-corrected chi connectivity index (χ1v) is 9.05. The SMILES string of the molecule is CS(=O)(=O)NCC1CCCCN1C(=O)c1ccc(C#N)cc1. The molecule has 1 aromatic rings. The van der Waals surface area contributed by atoms with E-state index in [0.717, 1.165) is 25.5 Å². The van der Waals surface area contributed by atoms with Crippen molar-refractivity contribution in [3.63, 3.8) is 0 Å². The Bertz CT molecular complexity index is 677. The second kappa shape index (κ2) is 6.90. The summed E-state index contributed by atoms with van der Waals surface area (Å²) in [4.78, 5) is 14.3. The summed E-state index contributed by atoms with van der Waals surface area (Å²) in [7, 11) is -3.27. The molecule has 1 heterocycles. The number of rotatable bonds is 4. The van der Waals surface area contributed by atoms with Gasteiger partial charge >= 0.3 is 0 Å². The largest absolute Gasteiger partial charge is 0.334 e. The zero-order valence-electron chi connectivity index (χ0n) is 12.4. The molecule has 1 N–H and O–H groups in total. The van der Waals surface area contributed by atoms with Gasteiger partial charge in [0.05, 0.1) is 17.9 Å². The lowest BCUT2D eigenvalue weighted by atomic mass is 10.0. The van der Waals surface area contributed by atoms with Gasteiger partial charge in [-0.1, -0.05) is 0 Å². The molecule has 1 amide bonds. The Morgan fingerprint density at radius 1 is 1.36 bits per heavy atom. The predicted octanol–water partition coefficient (Wildman–Crippen LogP) is 1.10. The maximum absolute atomic E-state index is 12.6. The molecule has 1 fully saturated rings. The second-order valence-electron chi connectivity index (χ2n) is 5.46. The first kappa shape index (κ1) is 16.5. The fourth-order valence-electron chi connectivity index (χ4n) is 2.58. The van der Waals surface area contributed by atoms with E-state index in [-0.39, 0.29) is 18.5 Å². The van der Waals surface area contributed by atoms with Gasteiger partial charge in [-0.05, 0) is 43.5 Å². The van der Waals surface area contributed by atoms with Gasteiger partial charge in [0.15, 0.2) is 0 Å². The Kier molecular flexibility index (Phi) is 5.16. The van der Waals surface area contributed by atoms with Crippen LogP contribution in [0.15, 0.2) is 24.3 Å². The lowest BCUT2D eigenvalue weighted by molar-refractivity contribution is 0.0619. The van der Waals surface area contributed by atoms with Crippen molar-refractivity contribution in [2.24, 2.45) is 0 Å². The number of likely N-dealkylation sites (tertiary alicyclic amines) is 1. The minimum atomic E-state index is -3.27. The van der Waals surface area contributed by atoms with Crippen LogP contribution in [0.2, 0.25) is 0 Å². The van der Waals surface area contributed by atoms with E-state index in [9.17, 15) is 13.2 Å². The highest BCUT2D eigenvalue weighted by Crippen LogP contribution is 2.19. The van der Waals surface area contributed by atoms with Gasteiger partial charge in [-0.3, -0.25) is 4.79 Å². The molecule has 1 saturated heterocycles. The Morgan fingerprint density at radius 3 is 2.64 bits per heavy atom. The van der Waals surface area contributed by atoms with Crippen LogP contribution in [0.4, 0.5) is 0 Å². The number of hydrogen-bond acceptors (Lipinski definition) is 4. The van der Waals surface area contributed by atoms with Crippen molar-refractivity contribution in [1.82, 2.24) is 9.62 Å². The molecule has 1 aliphatic heterocycles. The van der Waals surface area contributed by atoms with Gasteiger partial charge < -0.3 is 4.90 Å². The van der Waals surface area contributed by atoms with Crippen LogP contribution in [0.5, 0.6) is 0 Å². The van der Waals surface area contributed by atoms with E-state index in [0.29, 0.717) is 17.7 Å². The summed E-state index contributed by atoms with van der Waals surface area (Å²) in [6.45, 7) is 0.857. The van der Waals surface area contributed by atoms with Crippen LogP contribution >= 0.6 is 0 Å². The molecule has 0 aromatic heterocycles. The molecule has 1 atom stereocenters. The van der Waals surface area contributed by atoms with Gasteiger partial charge in [-0.25, -0.2) is 13.1 Å². The molecule has 7 heteroatoms. The molecule has 0 aliphatic carbocycles. The number of nitriles is 1. The van der Waals surface area contributed by atoms with Gasteiger partial charge in [0.2, 0.25) is 10.0 Å². The quantitative estimate of drug-likeness (QED) is 0.899. The summed E-state index contributed by atoms with van der Waals surface area (Å²) < 4.78 is 25.0. The molecule has 22 heavy (non-hydrogen) atoms. The van der Waals surface area contributed by atoms with Crippen LogP contribution in [0, 0.1) is 11.3 Å². The van der Waals surface area contributed by atoms with Crippen molar-refractivity contribution in [2.45, 2.75) is 25.3 Å². The van der Waals surface area contributed by atoms with Crippen molar-refractivity contribution in [3.8, 4) is 6.07 Å². The molecule has 1 aliphatic rings. The van der Waals surface area contributed by atoms with E-state index in [4.69, 9.17) is 5.26 Å². The number of amides is 1. The van der Waals surface area contributed by atoms with Crippen LogP contribution in [0.25, 0.3) is 0 Å². The number of hydrogen-bond donors (Lipinski definition) is 1. The summed E-state index contributed by atoms with van der Waals surface area (Å²) in [6.07, 6.45) is 3.79. The highest BCUT2D eigenvalue weighted by Gasteiger charge is 2.27. The maximum atomic E-state index is 12.6. The van der Waals surface area contributed by atoms with Crippen molar-refractivity contribution in [2.75, 3.05) is 19.3 Å². The molecule has 1 unspecified atom stereocenters. The molecular formula is C15H19N3O3S. The van der Waals surface area contributed by atoms with E-state index < -0.39 is 10.0 Å². The molecule has 0 radical (unpaired) electrons. The zero-order valence-corrected chi connectivity index (χ0v) is 13.3. The first-order valence-electron chi connectivity index (χ1n) is 7.16. The van der Waals surface area contributed by atoms with Crippen molar-refractivity contribution < 1.29 is 13.2 Å². The molecule has 0 bridgehead atoms. The minimum Gasteiger partial charge on any atom is -0.334 e. The Hall–Kier alpha value is -1.91. The molecule has 1 aromatic carbocycles. The standard InChI is InChI=1S/C15H19N3O3S/c1-22(20,21)17-11-14-4-2-3-9-18(14)15(19)13-7-5-12(10-16)6-8-13/h5-8,14,17H,2-4,9,11H2,1H3. The average Bonchev–Trinajstić information content (AvgIpc) is 2.52. The van der Waals surface area contributed by atoms with Gasteiger partial charge in [-0.15, -0.1) is 0 Å². The van der Waals surface area contributed by atoms with E-state index in [1.165, 1.54) is 0 Å². The predicted molar refractivity (Wildman–Crippen MR) is 82.7 cm³/mol. The van der Waals surface area contributed by atoms with Crippen LogP contribution in [0.1, 0.15) is 35.2 Å². The minimum absolute atomic E-state index is 0.121. The van der Waals surface area contributed by atoms with Gasteiger partial charge in [0.1, 0.15) is 0 Å². The maximum Gasteiger partial charge on any atom is 0.254 e.